The van der Waals surface area contributed by atoms with Gasteiger partial charge in [0.1, 0.15) is 16.7 Å². The first-order valence-electron chi connectivity index (χ1n) is 18.2. The lowest BCUT2D eigenvalue weighted by molar-refractivity contribution is 0.645. The number of para-hydroxylation sites is 3. The minimum atomic E-state index is -0.115. The lowest BCUT2D eigenvalue weighted by Gasteiger charge is -2.42. The Morgan fingerprint density at radius 1 is 0.472 bits per heavy atom. The number of furan rings is 2. The molecule has 0 saturated carbocycles. The van der Waals surface area contributed by atoms with Crippen molar-refractivity contribution in [3.05, 3.63) is 164 Å². The average Bonchev–Trinajstić information content (AvgIpc) is 3.88. The van der Waals surface area contributed by atoms with Crippen LogP contribution in [0.1, 0.15) is 0 Å². The first kappa shape index (κ1) is 27.7. The molecule has 0 N–H and O–H groups in total. The van der Waals surface area contributed by atoms with Crippen LogP contribution < -0.4 is 15.7 Å². The molecule has 0 amide bonds. The normalized spacial score (nSPS) is 13.2. The van der Waals surface area contributed by atoms with E-state index < -0.39 is 0 Å². The minimum absolute atomic E-state index is 0.115. The lowest BCUT2D eigenvalue weighted by atomic mass is 9.43. The molecule has 2 aliphatic heterocycles. The zero-order valence-electron chi connectivity index (χ0n) is 28.4. The molecule has 0 atom stereocenters. The first-order chi connectivity index (χ1) is 26.3. The summed E-state index contributed by atoms with van der Waals surface area (Å²) in [5.74, 6) is 0. The molecular weight excluding hydrogens is 647 g/mol. The standard InChI is InChI=1S/C48H27BN2O2/c1-2-11-28(12-3-1)29-21-23-32(24-22-29)51-38-26-31-14-5-4-13-30(31)25-36(38)45-44-34-16-7-8-19-40(34)52-42(44)27-39-46(45)49(51)37-18-10-17-35-43-33-15-6-9-20-41(33)53-48(43)50(39)47(35)37/h1-27H. The highest BCUT2D eigenvalue weighted by Crippen LogP contribution is 2.50. The van der Waals surface area contributed by atoms with Crippen LogP contribution in [-0.4, -0.2) is 11.4 Å². The average molecular weight is 675 g/mol. The Morgan fingerprint density at radius 3 is 1.94 bits per heavy atom. The van der Waals surface area contributed by atoms with E-state index in [1.165, 1.54) is 60.5 Å². The van der Waals surface area contributed by atoms with Crippen molar-refractivity contribution in [2.24, 2.45) is 0 Å². The molecule has 0 bridgehead atoms. The van der Waals surface area contributed by atoms with Gasteiger partial charge in [-0.15, -0.1) is 0 Å². The van der Waals surface area contributed by atoms with Crippen LogP contribution in [0.15, 0.2) is 173 Å². The maximum atomic E-state index is 6.82. The van der Waals surface area contributed by atoms with Crippen LogP contribution in [-0.2, 0) is 0 Å². The van der Waals surface area contributed by atoms with E-state index in [9.17, 15) is 0 Å². The van der Waals surface area contributed by atoms with Crippen molar-refractivity contribution in [2.45, 2.75) is 0 Å². The quantitative estimate of drug-likeness (QED) is 0.171. The van der Waals surface area contributed by atoms with Crippen molar-refractivity contribution in [1.29, 1.82) is 0 Å². The van der Waals surface area contributed by atoms with Gasteiger partial charge in [-0.2, -0.15) is 0 Å². The van der Waals surface area contributed by atoms with Gasteiger partial charge in [0.05, 0.1) is 16.6 Å². The van der Waals surface area contributed by atoms with E-state index in [0.29, 0.717) is 0 Å². The smallest absolute Gasteiger partial charge is 0.333 e. The molecule has 53 heavy (non-hydrogen) atoms. The summed E-state index contributed by atoms with van der Waals surface area (Å²) in [6.45, 7) is -0.115. The van der Waals surface area contributed by atoms with E-state index >= 15 is 0 Å². The predicted molar refractivity (Wildman–Crippen MR) is 220 cm³/mol. The fraction of sp³-hybridized carbons (Fsp3) is 0. The molecule has 2 aliphatic rings. The number of hydrogen-bond donors (Lipinski definition) is 0. The van der Waals surface area contributed by atoms with Gasteiger partial charge >= 0.3 is 6.85 Å². The van der Waals surface area contributed by atoms with Gasteiger partial charge in [0.15, 0.2) is 0 Å². The van der Waals surface area contributed by atoms with Crippen LogP contribution in [0.25, 0.3) is 93.6 Å². The second-order valence-corrected chi connectivity index (χ2v) is 14.4. The highest BCUT2D eigenvalue weighted by Gasteiger charge is 2.45. The Balaban J connectivity index is 1.22. The summed E-state index contributed by atoms with van der Waals surface area (Å²) < 4.78 is 16.0. The SMILES string of the molecule is c1ccc(-c2ccc(N3B4c5c(cc6oc7ccccc7c6c5-c5cc6ccccc6cc53)-n3c5oc6ccccc6c5c5cccc4c53)cc2)cc1. The maximum absolute atomic E-state index is 6.82. The van der Waals surface area contributed by atoms with Crippen molar-refractivity contribution in [2.75, 3.05) is 4.81 Å². The zero-order valence-corrected chi connectivity index (χ0v) is 28.4. The molecule has 4 nitrogen and oxygen atoms in total. The molecule has 5 heterocycles. The van der Waals surface area contributed by atoms with Crippen molar-refractivity contribution >= 4 is 94.8 Å². The summed E-state index contributed by atoms with van der Waals surface area (Å²) in [7, 11) is 0. The molecule has 0 saturated heterocycles. The Bertz CT molecular complexity index is 3350. The fourth-order valence-electron chi connectivity index (χ4n) is 9.57. The Morgan fingerprint density at radius 2 is 1.13 bits per heavy atom. The Labute approximate surface area is 303 Å². The number of hydrogen-bond acceptors (Lipinski definition) is 3. The van der Waals surface area contributed by atoms with Gasteiger partial charge in [-0.1, -0.05) is 121 Å². The van der Waals surface area contributed by atoms with Crippen molar-refractivity contribution in [3.8, 4) is 27.9 Å². The number of benzene rings is 8. The van der Waals surface area contributed by atoms with Gasteiger partial charge in [0.25, 0.3) is 0 Å². The molecule has 13 rings (SSSR count). The zero-order chi connectivity index (χ0) is 34.4. The van der Waals surface area contributed by atoms with Gasteiger partial charge in [-0.25, -0.2) is 0 Å². The fourth-order valence-corrected chi connectivity index (χ4v) is 9.57. The van der Waals surface area contributed by atoms with Gasteiger partial charge in [0.2, 0.25) is 5.71 Å². The van der Waals surface area contributed by atoms with Crippen LogP contribution in [0, 0.1) is 0 Å². The van der Waals surface area contributed by atoms with Crippen molar-refractivity contribution in [1.82, 2.24) is 4.57 Å². The summed E-state index contributed by atoms with van der Waals surface area (Å²) in [4.78, 5) is 2.58. The monoisotopic (exact) mass is 674 g/mol. The topological polar surface area (TPSA) is 34.5 Å². The van der Waals surface area contributed by atoms with Gasteiger partial charge < -0.3 is 13.6 Å². The highest BCUT2D eigenvalue weighted by molar-refractivity contribution is 6.94. The van der Waals surface area contributed by atoms with Gasteiger partial charge in [-0.3, -0.25) is 4.57 Å². The maximum Gasteiger partial charge on any atom is 0.333 e. The van der Waals surface area contributed by atoms with Crippen LogP contribution in [0.4, 0.5) is 11.4 Å². The first-order valence-corrected chi connectivity index (χ1v) is 18.2. The van der Waals surface area contributed by atoms with Crippen LogP contribution in [0.2, 0.25) is 0 Å². The molecule has 3 aromatic heterocycles. The number of rotatable bonds is 2. The van der Waals surface area contributed by atoms with E-state index in [1.54, 1.807) is 0 Å². The van der Waals surface area contributed by atoms with Crippen LogP contribution in [0.5, 0.6) is 0 Å². The van der Waals surface area contributed by atoms with Gasteiger partial charge in [-0.05, 0) is 74.8 Å². The molecule has 0 aliphatic carbocycles. The number of anilines is 2. The summed E-state index contributed by atoms with van der Waals surface area (Å²) in [6, 6.07) is 59.2. The van der Waals surface area contributed by atoms with Crippen LogP contribution in [0.3, 0.4) is 0 Å². The minimum Gasteiger partial charge on any atom is -0.456 e. The third-order valence-corrected chi connectivity index (χ3v) is 11.7. The van der Waals surface area contributed by atoms with Gasteiger partial charge in [0, 0.05) is 44.5 Å². The van der Waals surface area contributed by atoms with E-state index in [-0.39, 0.29) is 6.85 Å². The molecule has 5 heteroatoms. The predicted octanol–water partition coefficient (Wildman–Crippen LogP) is 11.5. The van der Waals surface area contributed by atoms with Crippen LogP contribution >= 0.6 is 0 Å². The Hall–Kier alpha value is -6.98. The molecular formula is C48H27BN2O2. The number of aromatic nitrogens is 1. The van der Waals surface area contributed by atoms with Crippen molar-refractivity contribution < 1.29 is 8.83 Å². The molecule has 0 spiro atoms. The summed E-state index contributed by atoms with van der Waals surface area (Å²) in [5.41, 5.74) is 15.5. The molecule has 11 aromatic rings. The third-order valence-electron chi connectivity index (χ3n) is 11.7. The summed E-state index contributed by atoms with van der Waals surface area (Å²) in [6.07, 6.45) is 0. The molecule has 244 valence electrons. The number of fused-ring (bicyclic) bond motifs is 14. The highest BCUT2D eigenvalue weighted by atomic mass is 16.3. The molecule has 0 unspecified atom stereocenters. The van der Waals surface area contributed by atoms with E-state index in [4.69, 9.17) is 8.83 Å². The largest absolute Gasteiger partial charge is 0.456 e. The number of nitrogens with zero attached hydrogens (tertiary/aromatic N) is 2. The third kappa shape index (κ3) is 3.51. The second-order valence-electron chi connectivity index (χ2n) is 14.4. The van der Waals surface area contributed by atoms with E-state index in [1.807, 2.05) is 0 Å². The summed E-state index contributed by atoms with van der Waals surface area (Å²) in [5, 5.41) is 8.19. The molecule has 0 fully saturated rings. The Kier molecular flexibility index (Phi) is 5.16. The van der Waals surface area contributed by atoms with Crippen molar-refractivity contribution in [3.63, 3.8) is 0 Å². The van der Waals surface area contributed by atoms with E-state index in [2.05, 4.69) is 173 Å². The second kappa shape index (κ2) is 9.87. The molecule has 0 radical (unpaired) electrons. The lowest BCUT2D eigenvalue weighted by Crippen LogP contribution is -2.60. The van der Waals surface area contributed by atoms with E-state index in [0.717, 1.165) is 55.4 Å². The molecule has 8 aromatic carbocycles. The summed E-state index contributed by atoms with van der Waals surface area (Å²) >= 11 is 0.